The van der Waals surface area contributed by atoms with E-state index < -0.39 is 0 Å². The molecule has 21 heavy (non-hydrogen) atoms. The minimum atomic E-state index is -0.254. The molecule has 0 aromatic carbocycles. The number of aromatic nitrogens is 5. The molecule has 0 radical (unpaired) electrons. The summed E-state index contributed by atoms with van der Waals surface area (Å²) in [5, 5.41) is 5.71. The number of carbonyl (C=O) groups is 1. The summed E-state index contributed by atoms with van der Waals surface area (Å²) in [7, 11) is 0. The van der Waals surface area contributed by atoms with Gasteiger partial charge in [0.2, 0.25) is 5.91 Å². The lowest BCUT2D eigenvalue weighted by Crippen LogP contribution is -2.24. The first-order valence-corrected chi connectivity index (χ1v) is 8.05. The molecule has 1 amide bonds. The van der Waals surface area contributed by atoms with E-state index in [0.717, 1.165) is 10.5 Å². The minimum absolute atomic E-state index is 0.0799. The SMILES string of the molecule is CC[C@H](Sc1ncnc2nc[nH]c12)C(=O)Nc1nccs1. The van der Waals surface area contributed by atoms with Crippen LogP contribution in [-0.2, 0) is 4.79 Å². The summed E-state index contributed by atoms with van der Waals surface area (Å²) in [4.78, 5) is 31.7. The Morgan fingerprint density at radius 1 is 1.43 bits per heavy atom. The summed E-state index contributed by atoms with van der Waals surface area (Å²) >= 11 is 2.79. The van der Waals surface area contributed by atoms with Crippen LogP contribution < -0.4 is 5.32 Å². The summed E-state index contributed by atoms with van der Waals surface area (Å²) in [5.41, 5.74) is 1.35. The maximum absolute atomic E-state index is 12.3. The number of aromatic amines is 1. The van der Waals surface area contributed by atoms with Crippen molar-refractivity contribution in [2.75, 3.05) is 5.32 Å². The van der Waals surface area contributed by atoms with Crippen molar-refractivity contribution in [3.05, 3.63) is 24.2 Å². The maximum atomic E-state index is 12.3. The normalized spacial score (nSPS) is 12.4. The van der Waals surface area contributed by atoms with E-state index in [1.807, 2.05) is 12.3 Å². The Bertz CT molecular complexity index is 741. The average Bonchev–Trinajstić information content (AvgIpc) is 3.15. The predicted octanol–water partition coefficient (Wildman–Crippen LogP) is 2.32. The molecule has 0 unspecified atom stereocenters. The molecule has 0 saturated heterocycles. The second-order valence-corrected chi connectivity index (χ2v) is 6.21. The van der Waals surface area contributed by atoms with Crippen LogP contribution in [0.1, 0.15) is 13.3 Å². The quantitative estimate of drug-likeness (QED) is 0.553. The third-order valence-corrected chi connectivity index (χ3v) is 4.82. The molecule has 0 aliphatic rings. The van der Waals surface area contributed by atoms with Crippen molar-refractivity contribution < 1.29 is 4.79 Å². The largest absolute Gasteiger partial charge is 0.341 e. The highest BCUT2D eigenvalue weighted by atomic mass is 32.2. The molecule has 3 aromatic rings. The van der Waals surface area contributed by atoms with Crippen molar-refractivity contribution in [2.45, 2.75) is 23.6 Å². The van der Waals surface area contributed by atoms with Gasteiger partial charge in [-0.2, -0.15) is 0 Å². The van der Waals surface area contributed by atoms with Gasteiger partial charge in [0.05, 0.1) is 11.6 Å². The predicted molar refractivity (Wildman–Crippen MR) is 82.4 cm³/mol. The summed E-state index contributed by atoms with van der Waals surface area (Å²) in [6, 6.07) is 0. The topological polar surface area (TPSA) is 96.5 Å². The number of thioether (sulfide) groups is 1. The van der Waals surface area contributed by atoms with Crippen LogP contribution in [0.25, 0.3) is 11.2 Å². The number of fused-ring (bicyclic) bond motifs is 1. The number of thiazole rings is 1. The van der Waals surface area contributed by atoms with E-state index in [9.17, 15) is 4.79 Å². The van der Waals surface area contributed by atoms with Gasteiger partial charge >= 0.3 is 0 Å². The van der Waals surface area contributed by atoms with Crippen LogP contribution in [0, 0.1) is 0 Å². The van der Waals surface area contributed by atoms with E-state index in [2.05, 4.69) is 30.2 Å². The molecule has 3 rings (SSSR count). The van der Waals surface area contributed by atoms with Gasteiger partial charge in [0.25, 0.3) is 0 Å². The number of nitrogens with one attached hydrogen (secondary N) is 2. The highest BCUT2D eigenvalue weighted by Gasteiger charge is 2.21. The number of carbonyl (C=O) groups excluding carboxylic acids is 1. The van der Waals surface area contributed by atoms with E-state index in [-0.39, 0.29) is 11.2 Å². The first-order chi connectivity index (χ1) is 10.3. The smallest absolute Gasteiger partial charge is 0.239 e. The third kappa shape index (κ3) is 3.03. The monoisotopic (exact) mass is 320 g/mol. The lowest BCUT2D eigenvalue weighted by molar-refractivity contribution is -0.115. The highest BCUT2D eigenvalue weighted by Crippen LogP contribution is 2.28. The fourth-order valence-corrected chi connectivity index (χ4v) is 3.27. The Kier molecular flexibility index (Phi) is 4.11. The standard InChI is InChI=1S/C12H12N6OS2/c1-2-7(10(19)18-12-13-3-4-20-12)21-11-8-9(15-5-14-8)16-6-17-11/h3-7H,2H2,1H3,(H,13,18,19)(H,14,15,16,17)/t7-/m0/s1. The van der Waals surface area contributed by atoms with Crippen LogP contribution in [0.3, 0.4) is 0 Å². The number of hydrogen-bond donors (Lipinski definition) is 2. The van der Waals surface area contributed by atoms with Gasteiger partial charge in [0.15, 0.2) is 10.8 Å². The number of nitrogens with zero attached hydrogens (tertiary/aromatic N) is 4. The Morgan fingerprint density at radius 3 is 3.10 bits per heavy atom. The molecule has 3 heterocycles. The zero-order valence-electron chi connectivity index (χ0n) is 11.1. The van der Waals surface area contributed by atoms with Crippen molar-refractivity contribution >= 4 is 45.3 Å². The zero-order chi connectivity index (χ0) is 14.7. The molecular formula is C12H12N6OS2. The van der Waals surface area contributed by atoms with Crippen LogP contribution in [0.15, 0.2) is 29.3 Å². The molecule has 0 spiro atoms. The van der Waals surface area contributed by atoms with Gasteiger partial charge in [-0.25, -0.2) is 19.9 Å². The molecule has 2 N–H and O–H groups in total. The summed E-state index contributed by atoms with van der Waals surface area (Å²) in [6.07, 6.45) is 5.37. The lowest BCUT2D eigenvalue weighted by Gasteiger charge is -2.12. The lowest BCUT2D eigenvalue weighted by atomic mass is 10.3. The van der Waals surface area contributed by atoms with E-state index >= 15 is 0 Å². The zero-order valence-corrected chi connectivity index (χ0v) is 12.7. The number of anilines is 1. The van der Waals surface area contributed by atoms with E-state index in [1.165, 1.54) is 29.4 Å². The van der Waals surface area contributed by atoms with Crippen LogP contribution in [-0.4, -0.2) is 36.1 Å². The molecule has 9 heteroatoms. The molecule has 0 fully saturated rings. The number of rotatable bonds is 5. The second-order valence-electron chi connectivity index (χ2n) is 4.12. The Morgan fingerprint density at radius 2 is 2.33 bits per heavy atom. The van der Waals surface area contributed by atoms with Gasteiger partial charge in [-0.05, 0) is 6.42 Å². The van der Waals surface area contributed by atoms with Gasteiger partial charge < -0.3 is 10.3 Å². The summed E-state index contributed by atoms with van der Waals surface area (Å²) in [5.74, 6) is -0.0799. The van der Waals surface area contributed by atoms with Crippen molar-refractivity contribution in [3.8, 4) is 0 Å². The molecule has 7 nitrogen and oxygen atoms in total. The van der Waals surface area contributed by atoms with Gasteiger partial charge in [-0.1, -0.05) is 18.7 Å². The van der Waals surface area contributed by atoms with Crippen molar-refractivity contribution in [3.63, 3.8) is 0 Å². The Hall–Kier alpha value is -2.00. The minimum Gasteiger partial charge on any atom is -0.341 e. The molecular weight excluding hydrogens is 308 g/mol. The van der Waals surface area contributed by atoms with E-state index in [1.54, 1.807) is 12.5 Å². The first kappa shape index (κ1) is 14.0. The van der Waals surface area contributed by atoms with Gasteiger partial charge in [0, 0.05) is 11.6 Å². The van der Waals surface area contributed by atoms with E-state index in [0.29, 0.717) is 17.2 Å². The number of imidazole rings is 1. The fraction of sp³-hybridized carbons (Fsp3) is 0.250. The Labute approximate surface area is 128 Å². The first-order valence-electron chi connectivity index (χ1n) is 6.29. The highest BCUT2D eigenvalue weighted by molar-refractivity contribution is 8.00. The van der Waals surface area contributed by atoms with E-state index in [4.69, 9.17) is 0 Å². The van der Waals surface area contributed by atoms with Gasteiger partial charge in [0.1, 0.15) is 16.9 Å². The van der Waals surface area contributed by atoms with Crippen molar-refractivity contribution in [2.24, 2.45) is 0 Å². The fourth-order valence-electron chi connectivity index (χ4n) is 1.76. The number of hydrogen-bond acceptors (Lipinski definition) is 7. The van der Waals surface area contributed by atoms with Crippen LogP contribution in [0.5, 0.6) is 0 Å². The maximum Gasteiger partial charge on any atom is 0.239 e. The molecule has 0 bridgehead atoms. The van der Waals surface area contributed by atoms with Gasteiger partial charge in [-0.15, -0.1) is 11.3 Å². The Balaban J connectivity index is 1.77. The third-order valence-electron chi connectivity index (χ3n) is 2.77. The van der Waals surface area contributed by atoms with Crippen molar-refractivity contribution in [1.82, 2.24) is 24.9 Å². The van der Waals surface area contributed by atoms with Crippen LogP contribution >= 0.6 is 23.1 Å². The molecule has 108 valence electrons. The average molecular weight is 320 g/mol. The molecule has 0 aliphatic carbocycles. The summed E-state index contributed by atoms with van der Waals surface area (Å²) < 4.78 is 0. The molecule has 0 aliphatic heterocycles. The number of amides is 1. The number of H-pyrrole nitrogens is 1. The van der Waals surface area contributed by atoms with Crippen LogP contribution in [0.4, 0.5) is 5.13 Å². The molecule has 0 saturated carbocycles. The summed E-state index contributed by atoms with van der Waals surface area (Å²) in [6.45, 7) is 1.96. The van der Waals surface area contributed by atoms with Gasteiger partial charge in [-0.3, -0.25) is 4.79 Å². The van der Waals surface area contributed by atoms with Crippen LogP contribution in [0.2, 0.25) is 0 Å². The van der Waals surface area contributed by atoms with Crippen molar-refractivity contribution in [1.29, 1.82) is 0 Å². The molecule has 1 atom stereocenters. The second kappa shape index (κ2) is 6.19. The molecule has 3 aromatic heterocycles.